The van der Waals surface area contributed by atoms with Gasteiger partial charge in [-0.15, -0.1) is 0 Å². The Kier molecular flexibility index (Phi) is 5.55. The summed E-state index contributed by atoms with van der Waals surface area (Å²) in [5, 5.41) is 9.09. The molecule has 0 saturated carbocycles. The average Bonchev–Trinajstić information content (AvgIpc) is 2.55. The average molecular weight is 305 g/mol. The van der Waals surface area contributed by atoms with E-state index in [1.807, 2.05) is 30.3 Å². The van der Waals surface area contributed by atoms with Gasteiger partial charge in [-0.05, 0) is 11.5 Å². The maximum atomic E-state index is 12.9. The summed E-state index contributed by atoms with van der Waals surface area (Å²) in [6.45, 7) is 4.96. The molecule has 1 saturated heterocycles. The van der Waals surface area contributed by atoms with Crippen LogP contribution in [0.15, 0.2) is 30.3 Å². The van der Waals surface area contributed by atoms with Gasteiger partial charge in [0.1, 0.15) is 0 Å². The van der Waals surface area contributed by atoms with Crippen LogP contribution >= 0.6 is 0 Å². The normalized spacial score (nSPS) is 21.2. The molecule has 22 heavy (non-hydrogen) atoms. The summed E-state index contributed by atoms with van der Waals surface area (Å²) in [6.07, 6.45) is -0.0380. The third kappa shape index (κ3) is 3.65. The van der Waals surface area contributed by atoms with Gasteiger partial charge < -0.3 is 14.7 Å². The van der Waals surface area contributed by atoms with Crippen molar-refractivity contribution < 1.29 is 19.4 Å². The number of hydrogen-bond donors (Lipinski definition) is 1. The molecule has 0 bridgehead atoms. The molecular formula is C17H23NO4. The van der Waals surface area contributed by atoms with Gasteiger partial charge in [-0.3, -0.25) is 4.79 Å². The lowest BCUT2D eigenvalue weighted by molar-refractivity contribution is -0.160. The lowest BCUT2D eigenvalue weighted by Crippen LogP contribution is -2.50. The second kappa shape index (κ2) is 7.40. The Morgan fingerprint density at radius 3 is 2.64 bits per heavy atom. The fourth-order valence-electron chi connectivity index (χ4n) is 2.81. The highest BCUT2D eigenvalue weighted by molar-refractivity contribution is 5.85. The molecule has 1 heterocycles. The summed E-state index contributed by atoms with van der Waals surface area (Å²) < 4.78 is 5.20. The van der Waals surface area contributed by atoms with Crippen LogP contribution in [-0.2, 0) is 14.3 Å². The molecular weight excluding hydrogens is 282 g/mol. The van der Waals surface area contributed by atoms with E-state index in [2.05, 4.69) is 13.8 Å². The smallest absolute Gasteiger partial charge is 0.334 e. The zero-order valence-electron chi connectivity index (χ0n) is 13.1. The number of nitrogens with zero attached hydrogens (tertiary/aromatic N) is 1. The largest absolute Gasteiger partial charge is 0.479 e. The van der Waals surface area contributed by atoms with E-state index >= 15 is 0 Å². The number of carboxylic acids is 1. The maximum Gasteiger partial charge on any atom is 0.334 e. The number of ether oxygens (including phenoxy) is 1. The molecule has 1 aliphatic rings. The van der Waals surface area contributed by atoms with Crippen LogP contribution in [0.1, 0.15) is 31.7 Å². The van der Waals surface area contributed by atoms with Crippen LogP contribution < -0.4 is 0 Å². The zero-order chi connectivity index (χ0) is 16.1. The summed E-state index contributed by atoms with van der Waals surface area (Å²) in [6, 6.07) is 9.71. The van der Waals surface area contributed by atoms with Crippen molar-refractivity contribution in [1.29, 1.82) is 0 Å². The molecule has 0 radical (unpaired) electrons. The summed E-state index contributed by atoms with van der Waals surface area (Å²) >= 11 is 0. The standard InChI is InChI=1S/C17H23NO4/c1-3-12(2)15(13-7-5-4-6-8-13)16(19)18-9-10-22-14(11-18)17(20)21/h4-8,12,14-15H,3,9-11H2,1-2H3,(H,20,21). The number of carbonyl (C=O) groups excluding carboxylic acids is 1. The van der Waals surface area contributed by atoms with Crippen LogP contribution in [0.3, 0.4) is 0 Å². The van der Waals surface area contributed by atoms with Gasteiger partial charge in [-0.2, -0.15) is 0 Å². The van der Waals surface area contributed by atoms with Crippen LogP contribution in [0, 0.1) is 5.92 Å². The quantitative estimate of drug-likeness (QED) is 0.905. The first-order chi connectivity index (χ1) is 10.5. The summed E-state index contributed by atoms with van der Waals surface area (Å²) in [4.78, 5) is 25.7. The summed E-state index contributed by atoms with van der Waals surface area (Å²) in [5.74, 6) is -1.06. The number of carbonyl (C=O) groups is 2. The Labute approximate surface area is 130 Å². The molecule has 1 amide bonds. The number of hydrogen-bond acceptors (Lipinski definition) is 3. The number of rotatable bonds is 5. The molecule has 120 valence electrons. The highest BCUT2D eigenvalue weighted by Gasteiger charge is 2.34. The van der Waals surface area contributed by atoms with Gasteiger partial charge in [0.05, 0.1) is 19.1 Å². The molecule has 5 nitrogen and oxygen atoms in total. The van der Waals surface area contributed by atoms with E-state index in [4.69, 9.17) is 9.84 Å². The molecule has 0 aliphatic carbocycles. The number of aliphatic carboxylic acids is 1. The van der Waals surface area contributed by atoms with E-state index in [0.29, 0.717) is 6.54 Å². The molecule has 1 aromatic rings. The number of amides is 1. The Hall–Kier alpha value is -1.88. The third-order valence-electron chi connectivity index (χ3n) is 4.29. The molecule has 2 rings (SSSR count). The Bertz CT molecular complexity index is 517. The van der Waals surface area contributed by atoms with Crippen LogP contribution in [0.25, 0.3) is 0 Å². The topological polar surface area (TPSA) is 66.8 Å². The minimum Gasteiger partial charge on any atom is -0.479 e. The van der Waals surface area contributed by atoms with Crippen molar-refractivity contribution in [3.05, 3.63) is 35.9 Å². The van der Waals surface area contributed by atoms with Crippen LogP contribution in [-0.4, -0.2) is 47.7 Å². The first-order valence-corrected chi connectivity index (χ1v) is 7.72. The SMILES string of the molecule is CCC(C)C(C(=O)N1CCOC(C(=O)O)C1)c1ccccc1. The van der Waals surface area contributed by atoms with Gasteiger partial charge in [-0.1, -0.05) is 50.6 Å². The van der Waals surface area contributed by atoms with E-state index in [-0.39, 0.29) is 30.9 Å². The van der Waals surface area contributed by atoms with Crippen molar-refractivity contribution in [2.45, 2.75) is 32.3 Å². The van der Waals surface area contributed by atoms with Crippen molar-refractivity contribution in [3.8, 4) is 0 Å². The number of benzene rings is 1. The van der Waals surface area contributed by atoms with Gasteiger partial charge in [0, 0.05) is 6.54 Å². The molecule has 0 aromatic heterocycles. The molecule has 3 atom stereocenters. The second-order valence-electron chi connectivity index (χ2n) is 5.76. The molecule has 3 unspecified atom stereocenters. The van der Waals surface area contributed by atoms with Gasteiger partial charge in [0.2, 0.25) is 5.91 Å². The van der Waals surface area contributed by atoms with Gasteiger partial charge in [0.15, 0.2) is 6.10 Å². The Balaban J connectivity index is 2.20. The highest BCUT2D eigenvalue weighted by Crippen LogP contribution is 2.29. The van der Waals surface area contributed by atoms with E-state index < -0.39 is 12.1 Å². The predicted octanol–water partition coefficient (Wildman–Crippen LogP) is 2.13. The summed E-state index contributed by atoms with van der Waals surface area (Å²) in [7, 11) is 0. The summed E-state index contributed by atoms with van der Waals surface area (Å²) in [5.41, 5.74) is 0.986. The molecule has 5 heteroatoms. The predicted molar refractivity (Wildman–Crippen MR) is 82.6 cm³/mol. The second-order valence-corrected chi connectivity index (χ2v) is 5.76. The minimum absolute atomic E-state index is 0.00454. The van der Waals surface area contributed by atoms with Crippen molar-refractivity contribution in [1.82, 2.24) is 4.90 Å². The van der Waals surface area contributed by atoms with Gasteiger partial charge in [0.25, 0.3) is 0 Å². The fourth-order valence-corrected chi connectivity index (χ4v) is 2.81. The lowest BCUT2D eigenvalue weighted by atomic mass is 9.84. The molecule has 0 spiro atoms. The first-order valence-electron chi connectivity index (χ1n) is 7.72. The zero-order valence-corrected chi connectivity index (χ0v) is 13.1. The fraction of sp³-hybridized carbons (Fsp3) is 0.529. The minimum atomic E-state index is -1.02. The van der Waals surface area contributed by atoms with Crippen LogP contribution in [0.4, 0.5) is 0 Å². The Morgan fingerprint density at radius 1 is 1.36 bits per heavy atom. The van der Waals surface area contributed by atoms with Gasteiger partial charge in [-0.25, -0.2) is 4.79 Å². The lowest BCUT2D eigenvalue weighted by Gasteiger charge is -2.35. The molecule has 1 fully saturated rings. The molecule has 1 aromatic carbocycles. The van der Waals surface area contributed by atoms with Gasteiger partial charge >= 0.3 is 5.97 Å². The van der Waals surface area contributed by atoms with E-state index in [9.17, 15) is 9.59 Å². The van der Waals surface area contributed by atoms with E-state index in [1.165, 1.54) is 0 Å². The van der Waals surface area contributed by atoms with Crippen LogP contribution in [0.5, 0.6) is 0 Å². The van der Waals surface area contributed by atoms with Crippen molar-refractivity contribution >= 4 is 11.9 Å². The van der Waals surface area contributed by atoms with Crippen molar-refractivity contribution in [2.75, 3.05) is 19.7 Å². The number of carboxylic acid groups (broad SMARTS) is 1. The number of morpholine rings is 1. The van der Waals surface area contributed by atoms with Crippen LogP contribution in [0.2, 0.25) is 0 Å². The van der Waals surface area contributed by atoms with Crippen molar-refractivity contribution in [3.63, 3.8) is 0 Å². The van der Waals surface area contributed by atoms with E-state index in [0.717, 1.165) is 12.0 Å². The highest BCUT2D eigenvalue weighted by atomic mass is 16.5. The monoisotopic (exact) mass is 305 g/mol. The molecule has 1 N–H and O–H groups in total. The maximum absolute atomic E-state index is 12.9. The van der Waals surface area contributed by atoms with E-state index in [1.54, 1.807) is 4.90 Å². The first kappa shape index (κ1) is 16.5. The Morgan fingerprint density at radius 2 is 2.05 bits per heavy atom. The molecule has 1 aliphatic heterocycles. The van der Waals surface area contributed by atoms with Crippen molar-refractivity contribution in [2.24, 2.45) is 5.92 Å². The third-order valence-corrected chi connectivity index (χ3v) is 4.29.